The second-order valence-electron chi connectivity index (χ2n) is 7.24. The van der Waals surface area contributed by atoms with Crippen LogP contribution in [-0.2, 0) is 0 Å². The summed E-state index contributed by atoms with van der Waals surface area (Å²) in [6.45, 7) is 9.50. The Balaban J connectivity index is 1.90. The minimum Gasteiger partial charge on any atom is -0.380 e. The van der Waals surface area contributed by atoms with Gasteiger partial charge < -0.3 is 5.32 Å². The smallest absolute Gasteiger partial charge is 0.0640 e. The van der Waals surface area contributed by atoms with Crippen LogP contribution in [0, 0.1) is 23.7 Å². The fourth-order valence-corrected chi connectivity index (χ4v) is 4.69. The topological polar surface area (TPSA) is 12.0 Å². The SMILES string of the molecule is Cc1cccc(Cl)c1NC1CC2CCC1(C)C2(C)C. The minimum atomic E-state index is 0.392. The molecule has 104 valence electrons. The van der Waals surface area contributed by atoms with Crippen LogP contribution in [0.4, 0.5) is 5.69 Å². The Hall–Kier alpha value is -0.690. The van der Waals surface area contributed by atoms with Crippen molar-refractivity contribution in [3.8, 4) is 0 Å². The summed E-state index contributed by atoms with van der Waals surface area (Å²) < 4.78 is 0. The fourth-order valence-electron chi connectivity index (χ4n) is 4.41. The van der Waals surface area contributed by atoms with Gasteiger partial charge in [-0.3, -0.25) is 0 Å². The van der Waals surface area contributed by atoms with Crippen molar-refractivity contribution >= 4 is 17.3 Å². The molecule has 0 spiro atoms. The molecular weight excluding hydrogens is 254 g/mol. The number of nitrogens with one attached hydrogen (secondary N) is 1. The number of halogens is 1. The molecule has 2 aliphatic carbocycles. The van der Waals surface area contributed by atoms with Crippen LogP contribution in [0.25, 0.3) is 0 Å². The van der Waals surface area contributed by atoms with E-state index >= 15 is 0 Å². The standard InChI is InChI=1S/C17H24ClN/c1-11-6-5-7-13(18)15(11)19-14-10-12-8-9-17(14,4)16(12,2)3/h5-7,12,14,19H,8-10H2,1-4H3. The summed E-state index contributed by atoms with van der Waals surface area (Å²) in [5.41, 5.74) is 3.22. The number of rotatable bonds is 2. The molecule has 1 N–H and O–H groups in total. The minimum absolute atomic E-state index is 0.392. The summed E-state index contributed by atoms with van der Waals surface area (Å²) in [6.07, 6.45) is 4.02. The van der Waals surface area contributed by atoms with E-state index in [9.17, 15) is 0 Å². The van der Waals surface area contributed by atoms with Gasteiger partial charge in [-0.25, -0.2) is 0 Å². The molecule has 0 saturated heterocycles. The van der Waals surface area contributed by atoms with Crippen LogP contribution in [0.3, 0.4) is 0 Å². The third-order valence-corrected chi connectivity index (χ3v) is 6.65. The van der Waals surface area contributed by atoms with Crippen LogP contribution < -0.4 is 5.32 Å². The van der Waals surface area contributed by atoms with Crippen LogP contribution >= 0.6 is 11.6 Å². The molecule has 3 atom stereocenters. The fraction of sp³-hybridized carbons (Fsp3) is 0.647. The predicted molar refractivity (Wildman–Crippen MR) is 82.8 cm³/mol. The Bertz CT molecular complexity index is 488. The lowest BCUT2D eigenvalue weighted by molar-refractivity contribution is 0.142. The van der Waals surface area contributed by atoms with E-state index in [1.54, 1.807) is 0 Å². The van der Waals surface area contributed by atoms with Crippen LogP contribution in [0.15, 0.2) is 18.2 Å². The third-order valence-electron chi connectivity index (χ3n) is 6.33. The number of para-hydroxylation sites is 1. The van der Waals surface area contributed by atoms with Gasteiger partial charge in [0.2, 0.25) is 0 Å². The summed E-state index contributed by atoms with van der Waals surface area (Å²) in [7, 11) is 0. The molecule has 2 saturated carbocycles. The Kier molecular flexibility index (Phi) is 2.91. The molecule has 0 aromatic heterocycles. The second kappa shape index (κ2) is 4.15. The molecular formula is C17H24ClN. The molecule has 2 aliphatic rings. The summed E-state index contributed by atoms with van der Waals surface area (Å²) in [5.74, 6) is 0.859. The highest BCUT2D eigenvalue weighted by Gasteiger charge is 2.61. The van der Waals surface area contributed by atoms with Gasteiger partial charge in [0.25, 0.3) is 0 Å². The summed E-state index contributed by atoms with van der Waals surface area (Å²) in [4.78, 5) is 0. The Morgan fingerprint density at radius 2 is 2.00 bits per heavy atom. The monoisotopic (exact) mass is 277 g/mol. The number of aryl methyl sites for hydroxylation is 1. The lowest BCUT2D eigenvalue weighted by Gasteiger charge is -2.40. The van der Waals surface area contributed by atoms with Crippen LogP contribution in [0.1, 0.15) is 45.6 Å². The first kappa shape index (κ1) is 13.3. The van der Waals surface area contributed by atoms with Gasteiger partial charge in [0.1, 0.15) is 0 Å². The Labute approximate surface area is 121 Å². The normalized spacial score (nSPS) is 35.6. The molecule has 1 aromatic rings. The first-order valence-corrected chi connectivity index (χ1v) is 7.76. The molecule has 3 rings (SSSR count). The first-order chi connectivity index (χ1) is 8.86. The highest BCUT2D eigenvalue weighted by atomic mass is 35.5. The highest BCUT2D eigenvalue weighted by Crippen LogP contribution is 2.66. The summed E-state index contributed by atoms with van der Waals surface area (Å²) >= 11 is 6.36. The quantitative estimate of drug-likeness (QED) is 0.776. The zero-order chi connectivity index (χ0) is 13.8. The van der Waals surface area contributed by atoms with E-state index in [4.69, 9.17) is 11.6 Å². The maximum Gasteiger partial charge on any atom is 0.0640 e. The van der Waals surface area contributed by atoms with E-state index in [1.807, 2.05) is 12.1 Å². The van der Waals surface area contributed by atoms with Gasteiger partial charge in [-0.2, -0.15) is 0 Å². The van der Waals surface area contributed by atoms with Gasteiger partial charge in [0.05, 0.1) is 10.7 Å². The molecule has 2 bridgehead atoms. The van der Waals surface area contributed by atoms with E-state index in [2.05, 4.69) is 39.1 Å². The lowest BCUT2D eigenvalue weighted by atomic mass is 9.69. The molecule has 19 heavy (non-hydrogen) atoms. The van der Waals surface area contributed by atoms with Crippen LogP contribution in [0.2, 0.25) is 5.02 Å². The van der Waals surface area contributed by atoms with Crippen LogP contribution in [-0.4, -0.2) is 6.04 Å². The van der Waals surface area contributed by atoms with Gasteiger partial charge >= 0.3 is 0 Å². The molecule has 0 heterocycles. The number of hydrogen-bond donors (Lipinski definition) is 1. The maximum atomic E-state index is 6.36. The number of benzene rings is 1. The van der Waals surface area contributed by atoms with Crippen molar-refractivity contribution in [2.45, 2.75) is 53.0 Å². The molecule has 0 aliphatic heterocycles. The number of anilines is 1. The van der Waals surface area contributed by atoms with E-state index in [-0.39, 0.29) is 0 Å². The van der Waals surface area contributed by atoms with Gasteiger partial charge in [-0.1, -0.05) is 44.5 Å². The predicted octanol–water partition coefficient (Wildman–Crippen LogP) is 5.28. The Morgan fingerprint density at radius 3 is 2.53 bits per heavy atom. The van der Waals surface area contributed by atoms with Crippen molar-refractivity contribution < 1.29 is 0 Å². The summed E-state index contributed by atoms with van der Waals surface area (Å²) in [5, 5.41) is 4.62. The highest BCUT2D eigenvalue weighted by molar-refractivity contribution is 6.33. The van der Waals surface area contributed by atoms with Gasteiger partial charge in [0.15, 0.2) is 0 Å². The van der Waals surface area contributed by atoms with E-state index in [1.165, 1.54) is 24.8 Å². The zero-order valence-electron chi connectivity index (χ0n) is 12.4. The van der Waals surface area contributed by atoms with E-state index < -0.39 is 0 Å². The molecule has 1 aromatic carbocycles. The number of fused-ring (bicyclic) bond motifs is 2. The number of hydrogen-bond acceptors (Lipinski definition) is 1. The van der Waals surface area contributed by atoms with Gasteiger partial charge in [0, 0.05) is 6.04 Å². The van der Waals surface area contributed by atoms with Crippen molar-refractivity contribution in [2.75, 3.05) is 5.32 Å². The van der Waals surface area contributed by atoms with E-state index in [0.29, 0.717) is 16.9 Å². The molecule has 0 radical (unpaired) electrons. The third kappa shape index (κ3) is 1.74. The molecule has 0 amide bonds. The molecule has 2 fully saturated rings. The average Bonchev–Trinajstić information content (AvgIpc) is 2.67. The Morgan fingerprint density at radius 1 is 1.26 bits per heavy atom. The summed E-state index contributed by atoms with van der Waals surface area (Å²) in [6, 6.07) is 6.70. The van der Waals surface area contributed by atoms with Gasteiger partial charge in [-0.05, 0) is 54.6 Å². The van der Waals surface area contributed by atoms with Gasteiger partial charge in [-0.15, -0.1) is 0 Å². The lowest BCUT2D eigenvalue weighted by Crippen LogP contribution is -2.40. The van der Waals surface area contributed by atoms with Crippen molar-refractivity contribution in [1.29, 1.82) is 0 Å². The molecule has 3 unspecified atom stereocenters. The van der Waals surface area contributed by atoms with Crippen molar-refractivity contribution in [3.05, 3.63) is 28.8 Å². The maximum absolute atomic E-state index is 6.36. The van der Waals surface area contributed by atoms with E-state index in [0.717, 1.165) is 16.6 Å². The second-order valence-corrected chi connectivity index (χ2v) is 7.65. The molecule has 2 heteroatoms. The van der Waals surface area contributed by atoms with Crippen molar-refractivity contribution in [1.82, 2.24) is 0 Å². The first-order valence-electron chi connectivity index (χ1n) is 7.38. The average molecular weight is 278 g/mol. The molecule has 1 nitrogen and oxygen atoms in total. The van der Waals surface area contributed by atoms with Crippen molar-refractivity contribution in [3.63, 3.8) is 0 Å². The zero-order valence-corrected chi connectivity index (χ0v) is 13.1. The largest absolute Gasteiger partial charge is 0.380 e. The van der Waals surface area contributed by atoms with Crippen LogP contribution in [0.5, 0.6) is 0 Å². The van der Waals surface area contributed by atoms with Crippen molar-refractivity contribution in [2.24, 2.45) is 16.7 Å².